The minimum atomic E-state index is -1.38. The molecule has 13 nitrogen and oxygen atoms in total. The van der Waals surface area contributed by atoms with E-state index in [1.165, 1.54) is 0 Å². The molecular weight excluding hydrogens is 749 g/mol. The number of anilines is 2. The Morgan fingerprint density at radius 3 is 2.60 bits per heavy atom. The third-order valence-corrected chi connectivity index (χ3v) is 12.2. The molecule has 2 aromatic carbocycles. The second kappa shape index (κ2) is 16.7. The summed E-state index contributed by atoms with van der Waals surface area (Å²) in [4.78, 5) is 43.4. The Morgan fingerprint density at radius 2 is 1.84 bits per heavy atom. The molecule has 298 valence electrons. The topological polar surface area (TPSA) is 149 Å². The summed E-state index contributed by atoms with van der Waals surface area (Å²) in [5, 5.41) is 24.7. The number of carbonyl (C=O) groups is 3. The van der Waals surface area contributed by atoms with Crippen molar-refractivity contribution in [2.75, 3.05) is 49.1 Å². The van der Waals surface area contributed by atoms with E-state index in [1.807, 2.05) is 41.1 Å². The van der Waals surface area contributed by atoms with Gasteiger partial charge in [0.2, 0.25) is 5.91 Å². The molecule has 4 fully saturated rings. The molecule has 2 N–H and O–H groups in total. The van der Waals surface area contributed by atoms with Gasteiger partial charge in [-0.2, -0.15) is 5.26 Å². The lowest BCUT2D eigenvalue weighted by molar-refractivity contribution is -0.120. The zero-order valence-corrected chi connectivity index (χ0v) is 32.6. The summed E-state index contributed by atoms with van der Waals surface area (Å²) >= 11 is 6.04. The van der Waals surface area contributed by atoms with E-state index in [-0.39, 0.29) is 42.6 Å². The number of nitrogens with zero attached hydrogens (tertiary/aromatic N) is 7. The number of nitriles is 1. The normalized spacial score (nSPS) is 23.6. The number of carbonyl (C=O) groups excluding carboxylic acids is 3. The van der Waals surface area contributed by atoms with Crippen molar-refractivity contribution < 1.29 is 23.5 Å². The number of rotatable bonds is 10. The molecule has 2 aromatic heterocycles. The summed E-state index contributed by atoms with van der Waals surface area (Å²) < 4.78 is 24.7. The number of halogens is 2. The lowest BCUT2D eigenvalue weighted by Crippen LogP contribution is -2.50. The maximum absolute atomic E-state index is 16.6. The van der Waals surface area contributed by atoms with Crippen molar-refractivity contribution in [2.45, 2.75) is 82.1 Å². The van der Waals surface area contributed by atoms with E-state index in [0.717, 1.165) is 93.5 Å². The van der Waals surface area contributed by atoms with Gasteiger partial charge in [0, 0.05) is 56.8 Å². The molecule has 8 rings (SSSR count). The van der Waals surface area contributed by atoms with Crippen molar-refractivity contribution in [1.82, 2.24) is 30.3 Å². The Balaban J connectivity index is 0.785. The van der Waals surface area contributed by atoms with Crippen molar-refractivity contribution >= 4 is 51.9 Å². The average molecular weight is 796 g/mol. The Bertz CT molecular complexity index is 2160. The number of alkyl halides is 1. The smallest absolute Gasteiger partial charge is 0.328 e. The highest BCUT2D eigenvalue weighted by atomic mass is 35.5. The van der Waals surface area contributed by atoms with E-state index in [4.69, 9.17) is 16.3 Å². The number of hydrogen-bond acceptors (Lipinski definition) is 9. The fourth-order valence-electron chi connectivity index (χ4n) is 8.91. The molecule has 1 saturated carbocycles. The second-order valence-corrected chi connectivity index (χ2v) is 16.3. The molecule has 3 saturated heterocycles. The minimum absolute atomic E-state index is 0.00599. The highest BCUT2D eigenvalue weighted by molar-refractivity contribution is 6.31. The summed E-state index contributed by atoms with van der Waals surface area (Å²) in [6, 6.07) is 18.0. The molecular formula is C42H47ClFN9O4. The zero-order valence-electron chi connectivity index (χ0n) is 31.8. The van der Waals surface area contributed by atoms with Gasteiger partial charge in [-0.05, 0) is 112 Å². The molecule has 15 heteroatoms. The van der Waals surface area contributed by atoms with Crippen LogP contribution < -0.4 is 25.2 Å². The fourth-order valence-corrected chi connectivity index (χ4v) is 9.07. The first kappa shape index (κ1) is 38.6. The molecule has 1 aliphatic carbocycles. The van der Waals surface area contributed by atoms with Crippen LogP contribution in [0.4, 0.5) is 20.7 Å². The predicted molar refractivity (Wildman–Crippen MR) is 214 cm³/mol. The number of piperidine rings is 2. The minimum Gasteiger partial charge on any atom is -0.490 e. The molecule has 57 heavy (non-hydrogen) atoms. The molecule has 0 bridgehead atoms. The van der Waals surface area contributed by atoms with Crippen LogP contribution in [0.5, 0.6) is 5.75 Å². The molecule has 0 radical (unpaired) electrons. The van der Waals surface area contributed by atoms with Gasteiger partial charge < -0.3 is 19.5 Å². The maximum Gasteiger partial charge on any atom is 0.328 e. The average Bonchev–Trinajstić information content (AvgIpc) is 3.62. The van der Waals surface area contributed by atoms with Crippen LogP contribution in [0.2, 0.25) is 5.02 Å². The lowest BCUT2D eigenvalue weighted by atomic mass is 9.91. The van der Waals surface area contributed by atoms with E-state index < -0.39 is 11.7 Å². The highest BCUT2D eigenvalue weighted by Gasteiger charge is 2.37. The van der Waals surface area contributed by atoms with Crippen molar-refractivity contribution in [2.24, 2.45) is 5.92 Å². The number of likely N-dealkylation sites (tertiary alicyclic amines) is 1. The van der Waals surface area contributed by atoms with Crippen molar-refractivity contribution in [3.63, 3.8) is 0 Å². The van der Waals surface area contributed by atoms with Gasteiger partial charge >= 0.3 is 6.03 Å². The van der Waals surface area contributed by atoms with Gasteiger partial charge in [0.25, 0.3) is 5.91 Å². The first-order chi connectivity index (χ1) is 27.6. The standard InChI is InChI=1S/C42H47ClFN9O4/c43-34-10-9-32(23-29(34)24-45)57-31-7-5-30(6-8-31)46-40(55)35-11-12-38(49-48-35)51-19-13-28(14-20-51)25-50-18-2-17-42(44,26-50)27-52-21-15-33-36(52)3-1-4-37(33)53-22-16-39(54)47-41(53)56/h1,3-4,9-12,15,21,23,28,30-31H,2,5-8,13-14,16-20,22,25-27H2,(H,46,55)(H,47,54,56)/t30?,31?,42-/m0/s1. The summed E-state index contributed by atoms with van der Waals surface area (Å²) in [5.74, 6) is 1.31. The summed E-state index contributed by atoms with van der Waals surface area (Å²) in [6.45, 7) is 4.29. The van der Waals surface area contributed by atoms with E-state index in [0.29, 0.717) is 41.8 Å². The largest absolute Gasteiger partial charge is 0.490 e. The maximum atomic E-state index is 16.6. The van der Waals surface area contributed by atoms with Crippen molar-refractivity contribution in [1.29, 1.82) is 5.26 Å². The van der Waals surface area contributed by atoms with E-state index in [1.54, 1.807) is 29.2 Å². The number of imide groups is 1. The van der Waals surface area contributed by atoms with E-state index in [2.05, 4.69) is 36.7 Å². The van der Waals surface area contributed by atoms with E-state index >= 15 is 4.39 Å². The summed E-state index contributed by atoms with van der Waals surface area (Å²) in [6.07, 6.45) is 8.48. The van der Waals surface area contributed by atoms with Gasteiger partial charge in [-0.3, -0.25) is 24.7 Å². The number of nitrogens with one attached hydrogen (secondary N) is 2. The van der Waals surface area contributed by atoms with E-state index in [9.17, 15) is 19.6 Å². The number of urea groups is 1. The first-order valence-electron chi connectivity index (χ1n) is 20.0. The van der Waals surface area contributed by atoms with Crippen LogP contribution in [0.15, 0.2) is 60.8 Å². The van der Waals surface area contributed by atoms with Crippen LogP contribution in [0, 0.1) is 17.2 Å². The fraction of sp³-hybridized carbons (Fsp3) is 0.476. The van der Waals surface area contributed by atoms with Crippen molar-refractivity contribution in [3.05, 3.63) is 77.1 Å². The molecule has 4 aromatic rings. The van der Waals surface area contributed by atoms with Crippen LogP contribution in [-0.2, 0) is 11.3 Å². The first-order valence-corrected chi connectivity index (χ1v) is 20.4. The Kier molecular flexibility index (Phi) is 11.3. The second-order valence-electron chi connectivity index (χ2n) is 15.9. The molecule has 4 amide bonds. The quantitative estimate of drug-likeness (QED) is 0.190. The third-order valence-electron chi connectivity index (χ3n) is 11.9. The third kappa shape index (κ3) is 8.84. The predicted octanol–water partition coefficient (Wildman–Crippen LogP) is 6.24. The van der Waals surface area contributed by atoms with Gasteiger partial charge in [0.1, 0.15) is 17.5 Å². The van der Waals surface area contributed by atoms with Crippen LogP contribution in [-0.4, -0.2) is 94.6 Å². The number of amides is 4. The SMILES string of the molecule is N#Cc1cc(OC2CCC(NC(=O)c3ccc(N4CCC(CN5CCC[C@@](F)(Cn6ccc7c(N8CCC(=O)NC8=O)cccc76)C5)CC4)nn3)CC2)ccc1Cl. The lowest BCUT2D eigenvalue weighted by Gasteiger charge is -2.41. The van der Waals surface area contributed by atoms with Crippen LogP contribution >= 0.6 is 11.6 Å². The Labute approximate surface area is 336 Å². The van der Waals surface area contributed by atoms with Gasteiger partial charge in [-0.1, -0.05) is 17.7 Å². The number of aromatic nitrogens is 3. The number of benzene rings is 2. The molecule has 5 heterocycles. The van der Waals surface area contributed by atoms with Gasteiger partial charge in [0.05, 0.1) is 34.4 Å². The number of fused-ring (bicyclic) bond motifs is 1. The van der Waals surface area contributed by atoms with Crippen LogP contribution in [0.3, 0.4) is 0 Å². The summed E-state index contributed by atoms with van der Waals surface area (Å²) in [5.41, 5.74) is 0.884. The van der Waals surface area contributed by atoms with Crippen LogP contribution in [0.25, 0.3) is 10.9 Å². The molecule has 0 spiro atoms. The monoisotopic (exact) mass is 795 g/mol. The molecule has 4 aliphatic rings. The number of ether oxygens (including phenoxy) is 1. The van der Waals surface area contributed by atoms with Gasteiger partial charge in [-0.25, -0.2) is 9.18 Å². The zero-order chi connectivity index (χ0) is 39.5. The van der Waals surface area contributed by atoms with Crippen molar-refractivity contribution in [3.8, 4) is 11.8 Å². The molecule has 1 atom stereocenters. The highest BCUT2D eigenvalue weighted by Crippen LogP contribution is 2.34. The summed E-state index contributed by atoms with van der Waals surface area (Å²) in [7, 11) is 0. The Morgan fingerprint density at radius 1 is 1.02 bits per heavy atom. The van der Waals surface area contributed by atoms with Gasteiger partial charge in [-0.15, -0.1) is 10.2 Å². The molecule has 0 unspecified atom stereocenters. The number of hydrogen-bond donors (Lipinski definition) is 2. The van der Waals surface area contributed by atoms with Gasteiger partial charge in [0.15, 0.2) is 11.5 Å². The van der Waals surface area contributed by atoms with Crippen LogP contribution in [0.1, 0.15) is 73.8 Å². The molecule has 3 aliphatic heterocycles. The Hall–Kier alpha value is -5.26.